The third-order valence-electron chi connectivity index (χ3n) is 2.24. The quantitative estimate of drug-likeness (QED) is 0.730. The van der Waals surface area contributed by atoms with Gasteiger partial charge in [0, 0.05) is 6.20 Å². The highest BCUT2D eigenvalue weighted by atomic mass is 32.1. The van der Waals surface area contributed by atoms with Crippen LogP contribution in [0.2, 0.25) is 0 Å². The highest BCUT2D eigenvalue weighted by Gasteiger charge is 2.07. The molecule has 0 spiro atoms. The van der Waals surface area contributed by atoms with Crippen LogP contribution in [0.3, 0.4) is 0 Å². The van der Waals surface area contributed by atoms with Crippen LogP contribution in [-0.2, 0) is 6.54 Å². The van der Waals surface area contributed by atoms with Gasteiger partial charge in [-0.2, -0.15) is 10.2 Å². The van der Waals surface area contributed by atoms with E-state index in [1.165, 1.54) is 0 Å². The summed E-state index contributed by atoms with van der Waals surface area (Å²) in [5.74, 6) is 1.48. The van der Waals surface area contributed by atoms with E-state index < -0.39 is 0 Å². The minimum atomic E-state index is 0.537. The number of nitrogens with zero attached hydrogens (tertiary/aromatic N) is 4. The molecule has 0 amide bonds. The normalized spacial score (nSPS) is 10.8. The van der Waals surface area contributed by atoms with E-state index in [1.54, 1.807) is 28.4 Å². The summed E-state index contributed by atoms with van der Waals surface area (Å²) in [6.45, 7) is 0.537. The van der Waals surface area contributed by atoms with Crippen molar-refractivity contribution >= 4 is 17.0 Å². The van der Waals surface area contributed by atoms with Crippen LogP contribution in [0.5, 0.6) is 0 Å². The van der Waals surface area contributed by atoms with E-state index in [2.05, 4.69) is 20.3 Å². The first-order valence-corrected chi connectivity index (χ1v) is 5.92. The van der Waals surface area contributed by atoms with Crippen LogP contribution in [0.4, 0.5) is 5.69 Å². The highest BCUT2D eigenvalue weighted by Crippen LogP contribution is 2.20. The number of nitrogens with two attached hydrogens (primary N) is 1. The summed E-state index contributed by atoms with van der Waals surface area (Å²) >= 11 is 1.61. The molecule has 86 valence electrons. The summed E-state index contributed by atoms with van der Waals surface area (Å²) in [5, 5.41) is 13.1. The zero-order valence-corrected chi connectivity index (χ0v) is 9.68. The summed E-state index contributed by atoms with van der Waals surface area (Å²) in [4.78, 5) is 5.45. The van der Waals surface area contributed by atoms with Gasteiger partial charge < -0.3 is 5.73 Å². The summed E-state index contributed by atoms with van der Waals surface area (Å²) < 4.78 is 1.72. The van der Waals surface area contributed by atoms with Crippen LogP contribution in [0.1, 0.15) is 5.82 Å². The van der Waals surface area contributed by atoms with Gasteiger partial charge in [-0.3, -0.25) is 9.78 Å². The van der Waals surface area contributed by atoms with E-state index >= 15 is 0 Å². The molecule has 3 aromatic heterocycles. The van der Waals surface area contributed by atoms with Crippen LogP contribution in [-0.4, -0.2) is 25.0 Å². The number of aromatic amines is 1. The first kappa shape index (κ1) is 10.0. The second kappa shape index (κ2) is 4.02. The molecule has 3 N–H and O–H groups in total. The lowest BCUT2D eigenvalue weighted by atomic mass is 10.4. The number of rotatable bonds is 3. The summed E-state index contributed by atoms with van der Waals surface area (Å²) in [5.41, 5.74) is 6.23. The van der Waals surface area contributed by atoms with Crippen LogP contribution in [0.25, 0.3) is 10.7 Å². The van der Waals surface area contributed by atoms with E-state index in [0.29, 0.717) is 12.2 Å². The Kier molecular flexibility index (Phi) is 2.37. The molecule has 0 aliphatic heterocycles. The van der Waals surface area contributed by atoms with E-state index in [9.17, 15) is 0 Å². The second-order valence-corrected chi connectivity index (χ2v) is 4.50. The van der Waals surface area contributed by atoms with E-state index in [0.717, 1.165) is 16.5 Å². The van der Waals surface area contributed by atoms with E-state index in [1.807, 2.05) is 17.5 Å². The Bertz CT molecular complexity index is 608. The molecule has 0 aromatic carbocycles. The van der Waals surface area contributed by atoms with Crippen LogP contribution >= 0.6 is 11.3 Å². The average molecular weight is 246 g/mol. The van der Waals surface area contributed by atoms with Gasteiger partial charge in [0.25, 0.3) is 0 Å². The first-order valence-electron chi connectivity index (χ1n) is 5.04. The van der Waals surface area contributed by atoms with Gasteiger partial charge >= 0.3 is 0 Å². The fourth-order valence-electron chi connectivity index (χ4n) is 1.50. The molecule has 0 radical (unpaired) electrons. The molecule has 17 heavy (non-hydrogen) atoms. The Morgan fingerprint density at radius 3 is 3.12 bits per heavy atom. The van der Waals surface area contributed by atoms with E-state index in [4.69, 9.17) is 5.73 Å². The van der Waals surface area contributed by atoms with Gasteiger partial charge in [0.05, 0.1) is 16.8 Å². The third-order valence-corrected chi connectivity index (χ3v) is 3.10. The zero-order valence-electron chi connectivity index (χ0n) is 8.87. The van der Waals surface area contributed by atoms with Crippen molar-refractivity contribution in [3.05, 3.63) is 35.7 Å². The summed E-state index contributed by atoms with van der Waals surface area (Å²) in [7, 11) is 0. The van der Waals surface area contributed by atoms with Crippen molar-refractivity contribution in [2.45, 2.75) is 6.54 Å². The van der Waals surface area contributed by atoms with Gasteiger partial charge in [-0.05, 0) is 11.4 Å². The zero-order chi connectivity index (χ0) is 11.7. The van der Waals surface area contributed by atoms with Gasteiger partial charge in [-0.15, -0.1) is 11.3 Å². The topological polar surface area (TPSA) is 85.4 Å². The standard InChI is InChI=1S/C10H10N6S/c11-7-4-12-16(5-7)6-9-13-10(15-14-9)8-2-1-3-17-8/h1-5H,6,11H2,(H,13,14,15). The number of nitrogen functional groups attached to an aromatic ring is 1. The van der Waals surface area contributed by atoms with Crippen molar-refractivity contribution in [3.63, 3.8) is 0 Å². The lowest BCUT2D eigenvalue weighted by molar-refractivity contribution is 0.658. The van der Waals surface area contributed by atoms with Gasteiger partial charge in [-0.25, -0.2) is 4.98 Å². The average Bonchev–Trinajstić information content (AvgIpc) is 3.00. The maximum Gasteiger partial charge on any atom is 0.191 e. The van der Waals surface area contributed by atoms with E-state index in [-0.39, 0.29) is 0 Å². The van der Waals surface area contributed by atoms with Crippen molar-refractivity contribution in [3.8, 4) is 10.7 Å². The van der Waals surface area contributed by atoms with Crippen molar-refractivity contribution in [2.24, 2.45) is 0 Å². The Morgan fingerprint density at radius 1 is 1.47 bits per heavy atom. The monoisotopic (exact) mass is 246 g/mol. The number of anilines is 1. The molecule has 6 nitrogen and oxygen atoms in total. The Balaban J connectivity index is 1.81. The van der Waals surface area contributed by atoms with Crippen LogP contribution < -0.4 is 5.73 Å². The number of hydrogen-bond donors (Lipinski definition) is 2. The molecular formula is C10H10N6S. The number of thiophene rings is 1. The molecule has 0 aliphatic carbocycles. The summed E-state index contributed by atoms with van der Waals surface area (Å²) in [6.07, 6.45) is 3.36. The SMILES string of the molecule is Nc1cnn(Cc2nc(-c3cccs3)n[nH]2)c1. The van der Waals surface area contributed by atoms with Gasteiger partial charge in [-0.1, -0.05) is 6.07 Å². The van der Waals surface area contributed by atoms with Crippen molar-refractivity contribution < 1.29 is 0 Å². The van der Waals surface area contributed by atoms with Crippen molar-refractivity contribution in [2.75, 3.05) is 5.73 Å². The summed E-state index contributed by atoms with van der Waals surface area (Å²) in [6, 6.07) is 3.97. The van der Waals surface area contributed by atoms with Gasteiger partial charge in [0.1, 0.15) is 12.4 Å². The number of aromatic nitrogens is 5. The highest BCUT2D eigenvalue weighted by molar-refractivity contribution is 7.13. The largest absolute Gasteiger partial charge is 0.396 e. The maximum atomic E-state index is 5.59. The lowest BCUT2D eigenvalue weighted by Gasteiger charge is -1.94. The Morgan fingerprint density at radius 2 is 2.41 bits per heavy atom. The molecule has 3 aromatic rings. The number of nitrogens with one attached hydrogen (secondary N) is 1. The molecule has 0 atom stereocenters. The predicted octanol–water partition coefficient (Wildman–Crippen LogP) is 1.36. The smallest absolute Gasteiger partial charge is 0.191 e. The molecule has 0 bridgehead atoms. The Hall–Kier alpha value is -2.15. The number of H-pyrrole nitrogens is 1. The minimum absolute atomic E-state index is 0.537. The van der Waals surface area contributed by atoms with Gasteiger partial charge in [0.2, 0.25) is 0 Å². The fraction of sp³-hybridized carbons (Fsp3) is 0.100. The van der Waals surface area contributed by atoms with Crippen molar-refractivity contribution in [1.29, 1.82) is 0 Å². The minimum Gasteiger partial charge on any atom is -0.396 e. The van der Waals surface area contributed by atoms with Gasteiger partial charge in [0.15, 0.2) is 5.82 Å². The molecule has 0 fully saturated rings. The van der Waals surface area contributed by atoms with Crippen LogP contribution in [0.15, 0.2) is 29.9 Å². The molecule has 0 unspecified atom stereocenters. The molecule has 0 saturated heterocycles. The fourth-order valence-corrected chi connectivity index (χ4v) is 2.16. The van der Waals surface area contributed by atoms with Crippen LogP contribution in [0, 0.1) is 0 Å². The maximum absolute atomic E-state index is 5.59. The first-order chi connectivity index (χ1) is 8.31. The lowest BCUT2D eigenvalue weighted by Crippen LogP contribution is -2.01. The van der Waals surface area contributed by atoms with Crippen molar-refractivity contribution in [1.82, 2.24) is 25.0 Å². The molecule has 7 heteroatoms. The Labute approximate surface area is 101 Å². The molecule has 0 saturated carbocycles. The third kappa shape index (κ3) is 2.04. The number of hydrogen-bond acceptors (Lipinski definition) is 5. The molecule has 3 heterocycles. The second-order valence-electron chi connectivity index (χ2n) is 3.55. The molecule has 0 aliphatic rings. The predicted molar refractivity (Wildman–Crippen MR) is 65.4 cm³/mol. The molecular weight excluding hydrogens is 236 g/mol. The molecule has 3 rings (SSSR count).